The minimum atomic E-state index is -0.319. The van der Waals surface area contributed by atoms with E-state index in [1.165, 1.54) is 0 Å². The third-order valence-corrected chi connectivity index (χ3v) is 3.16. The molecule has 0 spiro atoms. The van der Waals surface area contributed by atoms with Crippen molar-refractivity contribution < 1.29 is 9.53 Å². The summed E-state index contributed by atoms with van der Waals surface area (Å²) in [6.07, 6.45) is 3.35. The van der Waals surface area contributed by atoms with Crippen molar-refractivity contribution in [1.29, 1.82) is 0 Å². The van der Waals surface area contributed by atoms with Gasteiger partial charge < -0.3 is 15.4 Å². The van der Waals surface area contributed by atoms with Gasteiger partial charge in [-0.15, -0.1) is 0 Å². The summed E-state index contributed by atoms with van der Waals surface area (Å²) in [4.78, 5) is 12.0. The number of methoxy groups -OCH3 is 1. The minimum Gasteiger partial charge on any atom is -0.383 e. The Kier molecular flexibility index (Phi) is 4.59. The molecule has 0 fully saturated rings. The van der Waals surface area contributed by atoms with Gasteiger partial charge in [-0.05, 0) is 13.8 Å². The van der Waals surface area contributed by atoms with Crippen LogP contribution in [-0.4, -0.2) is 39.3 Å². The van der Waals surface area contributed by atoms with Crippen LogP contribution in [0.4, 0.5) is 16.2 Å². The van der Waals surface area contributed by atoms with E-state index in [0.717, 1.165) is 17.1 Å². The third kappa shape index (κ3) is 3.60. The molecule has 0 radical (unpaired) electrons. The van der Waals surface area contributed by atoms with Crippen LogP contribution in [0.3, 0.4) is 0 Å². The van der Waals surface area contributed by atoms with Crippen LogP contribution in [0.25, 0.3) is 0 Å². The second-order valence-electron chi connectivity index (χ2n) is 4.73. The summed E-state index contributed by atoms with van der Waals surface area (Å²) in [5.74, 6) is 0. The average molecular weight is 292 g/mol. The maximum Gasteiger partial charge on any atom is 0.323 e. The third-order valence-electron chi connectivity index (χ3n) is 3.16. The van der Waals surface area contributed by atoms with E-state index in [2.05, 4.69) is 20.8 Å². The number of carbonyl (C=O) groups excluding carboxylic acids is 1. The maximum atomic E-state index is 12.0. The van der Waals surface area contributed by atoms with E-state index in [-0.39, 0.29) is 6.03 Å². The summed E-state index contributed by atoms with van der Waals surface area (Å²) < 4.78 is 8.41. The number of nitrogens with zero attached hydrogens (tertiary/aromatic N) is 4. The van der Waals surface area contributed by atoms with Crippen LogP contribution in [0.2, 0.25) is 0 Å². The Morgan fingerprint density at radius 1 is 1.38 bits per heavy atom. The highest BCUT2D eigenvalue weighted by Crippen LogP contribution is 2.18. The lowest BCUT2D eigenvalue weighted by atomic mass is 10.3. The van der Waals surface area contributed by atoms with Crippen LogP contribution in [-0.2, 0) is 18.3 Å². The Morgan fingerprint density at radius 2 is 2.14 bits per heavy atom. The van der Waals surface area contributed by atoms with Crippen molar-refractivity contribution in [3.05, 3.63) is 23.8 Å². The Labute approximate surface area is 123 Å². The molecule has 0 atom stereocenters. The topological polar surface area (TPSA) is 86.0 Å². The first kappa shape index (κ1) is 15.0. The fourth-order valence-corrected chi connectivity index (χ4v) is 1.97. The van der Waals surface area contributed by atoms with Crippen LogP contribution >= 0.6 is 0 Å². The summed E-state index contributed by atoms with van der Waals surface area (Å²) in [6.45, 7) is 4.96. The number of hydrogen-bond acceptors (Lipinski definition) is 4. The van der Waals surface area contributed by atoms with Gasteiger partial charge in [0.25, 0.3) is 0 Å². The van der Waals surface area contributed by atoms with Crippen molar-refractivity contribution in [2.45, 2.75) is 20.4 Å². The largest absolute Gasteiger partial charge is 0.383 e. The number of hydrogen-bond donors (Lipinski definition) is 2. The van der Waals surface area contributed by atoms with Gasteiger partial charge in [0.1, 0.15) is 0 Å². The monoisotopic (exact) mass is 292 g/mol. The smallest absolute Gasteiger partial charge is 0.323 e. The second kappa shape index (κ2) is 6.40. The van der Waals surface area contributed by atoms with E-state index in [9.17, 15) is 4.79 Å². The predicted molar refractivity (Wildman–Crippen MR) is 79.4 cm³/mol. The van der Waals surface area contributed by atoms with Gasteiger partial charge in [0.2, 0.25) is 0 Å². The van der Waals surface area contributed by atoms with E-state index >= 15 is 0 Å². The van der Waals surface area contributed by atoms with Gasteiger partial charge in [0, 0.05) is 20.4 Å². The van der Waals surface area contributed by atoms with Crippen LogP contribution in [0.5, 0.6) is 0 Å². The van der Waals surface area contributed by atoms with Gasteiger partial charge in [-0.25, -0.2) is 4.79 Å². The predicted octanol–water partition coefficient (Wildman–Crippen LogP) is 1.52. The summed E-state index contributed by atoms with van der Waals surface area (Å²) in [6, 6.07) is -0.319. The Bertz CT molecular complexity index is 631. The fraction of sp³-hybridized carbons (Fsp3) is 0.462. The molecule has 21 heavy (non-hydrogen) atoms. The van der Waals surface area contributed by atoms with Crippen molar-refractivity contribution in [2.24, 2.45) is 7.05 Å². The lowest BCUT2D eigenvalue weighted by Crippen LogP contribution is -2.20. The number of anilines is 2. The molecule has 8 heteroatoms. The fourth-order valence-electron chi connectivity index (χ4n) is 1.97. The summed E-state index contributed by atoms with van der Waals surface area (Å²) in [5, 5.41) is 13.9. The maximum absolute atomic E-state index is 12.0. The van der Waals surface area contributed by atoms with Gasteiger partial charge in [0.05, 0.1) is 42.1 Å². The lowest BCUT2D eigenvalue weighted by Gasteiger charge is -2.06. The number of amides is 2. The van der Waals surface area contributed by atoms with Crippen molar-refractivity contribution >= 4 is 17.4 Å². The molecular weight excluding hydrogens is 272 g/mol. The molecule has 8 nitrogen and oxygen atoms in total. The van der Waals surface area contributed by atoms with Gasteiger partial charge >= 0.3 is 6.03 Å². The normalized spacial score (nSPS) is 10.7. The van der Waals surface area contributed by atoms with Crippen LogP contribution in [0.15, 0.2) is 12.4 Å². The molecule has 0 saturated heterocycles. The highest BCUT2D eigenvalue weighted by molar-refractivity contribution is 6.00. The number of ether oxygens (including phenoxy) is 1. The highest BCUT2D eigenvalue weighted by Gasteiger charge is 2.12. The van der Waals surface area contributed by atoms with E-state index < -0.39 is 0 Å². The molecule has 0 aliphatic carbocycles. The molecule has 0 saturated carbocycles. The zero-order chi connectivity index (χ0) is 15.4. The zero-order valence-electron chi connectivity index (χ0n) is 12.7. The minimum absolute atomic E-state index is 0.319. The zero-order valence-corrected chi connectivity index (χ0v) is 12.7. The SMILES string of the molecule is COCCn1cc(NC(=O)Nc2c(C)nn(C)c2C)cn1. The van der Waals surface area contributed by atoms with Crippen molar-refractivity contribution in [3.8, 4) is 0 Å². The number of aromatic nitrogens is 4. The number of carbonyl (C=O) groups is 1. The molecule has 0 unspecified atom stereocenters. The quantitative estimate of drug-likeness (QED) is 0.875. The average Bonchev–Trinajstić information content (AvgIpc) is 2.97. The van der Waals surface area contributed by atoms with Crippen LogP contribution < -0.4 is 10.6 Å². The summed E-state index contributed by atoms with van der Waals surface area (Å²) in [5.41, 5.74) is 3.03. The first-order chi connectivity index (χ1) is 10.0. The molecular formula is C13H20N6O2. The summed E-state index contributed by atoms with van der Waals surface area (Å²) in [7, 11) is 3.47. The highest BCUT2D eigenvalue weighted by atomic mass is 16.5. The van der Waals surface area contributed by atoms with Crippen LogP contribution in [0.1, 0.15) is 11.4 Å². The second-order valence-corrected chi connectivity index (χ2v) is 4.73. The van der Waals surface area contributed by atoms with E-state index in [0.29, 0.717) is 18.8 Å². The number of nitrogens with one attached hydrogen (secondary N) is 2. The van der Waals surface area contributed by atoms with E-state index in [4.69, 9.17) is 4.74 Å². The van der Waals surface area contributed by atoms with Gasteiger partial charge in [-0.1, -0.05) is 0 Å². The molecule has 2 amide bonds. The van der Waals surface area contributed by atoms with Gasteiger partial charge in [0.15, 0.2) is 0 Å². The number of rotatable bonds is 5. The molecule has 0 aromatic carbocycles. The van der Waals surface area contributed by atoms with Crippen LogP contribution in [0, 0.1) is 13.8 Å². The molecule has 2 aromatic heterocycles. The molecule has 114 valence electrons. The van der Waals surface area contributed by atoms with Crippen molar-refractivity contribution in [2.75, 3.05) is 24.4 Å². The number of aryl methyl sites for hydroxylation is 2. The van der Waals surface area contributed by atoms with Gasteiger partial charge in [-0.3, -0.25) is 9.36 Å². The Hall–Kier alpha value is -2.35. The Balaban J connectivity index is 1.97. The first-order valence-corrected chi connectivity index (χ1v) is 6.61. The van der Waals surface area contributed by atoms with E-state index in [1.807, 2.05) is 20.9 Å². The first-order valence-electron chi connectivity index (χ1n) is 6.61. The molecule has 0 aliphatic heterocycles. The molecule has 0 bridgehead atoms. The molecule has 0 aliphatic rings. The lowest BCUT2D eigenvalue weighted by molar-refractivity contribution is 0.183. The standard InChI is InChI=1S/C13H20N6O2/c1-9-12(10(2)18(3)17-9)16-13(20)15-11-7-14-19(8-11)5-6-21-4/h7-8H,5-6H2,1-4H3,(H2,15,16,20). The van der Waals surface area contributed by atoms with Crippen molar-refractivity contribution in [1.82, 2.24) is 19.6 Å². The summed E-state index contributed by atoms with van der Waals surface area (Å²) >= 11 is 0. The van der Waals surface area contributed by atoms with E-state index in [1.54, 1.807) is 28.9 Å². The molecule has 2 N–H and O–H groups in total. The molecule has 2 heterocycles. The van der Waals surface area contributed by atoms with Gasteiger partial charge in [-0.2, -0.15) is 10.2 Å². The molecule has 2 aromatic rings. The number of urea groups is 1. The van der Waals surface area contributed by atoms with Crippen molar-refractivity contribution in [3.63, 3.8) is 0 Å². The molecule has 2 rings (SSSR count). The Morgan fingerprint density at radius 3 is 2.76 bits per heavy atom.